The van der Waals surface area contributed by atoms with Crippen LogP contribution in [0.1, 0.15) is 84.3 Å². The van der Waals surface area contributed by atoms with Gasteiger partial charge in [-0.3, -0.25) is 8.80 Å². The van der Waals surface area contributed by atoms with Gasteiger partial charge in [-0.05, 0) is 124 Å². The molecule has 0 aliphatic heterocycles. The summed E-state index contributed by atoms with van der Waals surface area (Å²) in [5.74, 6) is 7.05. The second kappa shape index (κ2) is 13.6. The van der Waals surface area contributed by atoms with E-state index in [1.807, 2.05) is 62.6 Å². The first-order valence-corrected chi connectivity index (χ1v) is 18.8. The van der Waals surface area contributed by atoms with Crippen LogP contribution in [0.4, 0.5) is 8.78 Å². The third-order valence-electron chi connectivity index (χ3n) is 11.4. The molecule has 0 bridgehead atoms. The highest BCUT2D eigenvalue weighted by molar-refractivity contribution is 5.55. The molecule has 4 saturated carbocycles. The van der Waals surface area contributed by atoms with Crippen molar-refractivity contribution in [1.82, 2.24) is 29.2 Å². The van der Waals surface area contributed by atoms with Crippen molar-refractivity contribution in [3.8, 4) is 11.5 Å². The van der Waals surface area contributed by atoms with Crippen molar-refractivity contribution in [2.45, 2.75) is 77.0 Å². The van der Waals surface area contributed by atoms with Gasteiger partial charge in [0.2, 0.25) is 0 Å². The summed E-state index contributed by atoms with van der Waals surface area (Å²) in [7, 11) is 0. The van der Waals surface area contributed by atoms with Gasteiger partial charge in [0.05, 0.1) is 13.2 Å². The number of fused-ring (bicyclic) bond motifs is 2. The van der Waals surface area contributed by atoms with Crippen molar-refractivity contribution in [3.05, 3.63) is 119 Å². The first-order valence-electron chi connectivity index (χ1n) is 18.8. The van der Waals surface area contributed by atoms with Crippen LogP contribution in [0.15, 0.2) is 73.1 Å². The largest absolute Gasteiger partial charge is 0.493 e. The van der Waals surface area contributed by atoms with Crippen molar-refractivity contribution >= 4 is 11.3 Å². The van der Waals surface area contributed by atoms with E-state index < -0.39 is 0 Å². The highest BCUT2D eigenvalue weighted by Crippen LogP contribution is 2.48. The Kier molecular flexibility index (Phi) is 8.63. The summed E-state index contributed by atoms with van der Waals surface area (Å²) in [5, 5.41) is 17.5. The van der Waals surface area contributed by atoms with E-state index >= 15 is 0 Å². The minimum Gasteiger partial charge on any atom is -0.493 e. The van der Waals surface area contributed by atoms with E-state index in [4.69, 9.17) is 9.47 Å². The molecule has 4 heterocycles. The Hall–Kier alpha value is -4.86. The minimum absolute atomic E-state index is 0.180. The SMILES string of the molecule is Cc1c(OC[C@@H]2C[C@H]2c2ccc(F)cc2)ccn2c(CC3CC3)nnc12.Cc1c(OC[C@H]2C[C@@H]2c2ccc(F)cc2)ccn2c(CC3CC3)nnc12. The zero-order chi connectivity index (χ0) is 35.3. The number of hydrogen-bond donors (Lipinski definition) is 0. The molecular formula is C42H44F2N6O2. The second-order valence-electron chi connectivity index (χ2n) is 15.5. The lowest BCUT2D eigenvalue weighted by Crippen LogP contribution is -2.04. The number of hydrogen-bond acceptors (Lipinski definition) is 6. The second-order valence-corrected chi connectivity index (χ2v) is 15.5. The Morgan fingerprint density at radius 2 is 0.981 bits per heavy atom. The van der Waals surface area contributed by atoms with E-state index in [-0.39, 0.29) is 11.6 Å². The lowest BCUT2D eigenvalue weighted by Gasteiger charge is -2.10. The standard InChI is InChI=1S/2C21H22FN3O/c2*1-13-19(8-9-25-20(10-14-2-3-14)23-24-21(13)25)26-12-16-11-18(16)15-4-6-17(22)7-5-15/h2*4-9,14,16,18H,2-3,10-12H2,1H3/t2*16-,18-/m10/s1. The fourth-order valence-corrected chi connectivity index (χ4v) is 7.47. The van der Waals surface area contributed by atoms with Crippen LogP contribution < -0.4 is 9.47 Å². The maximum Gasteiger partial charge on any atom is 0.167 e. The molecule has 0 N–H and O–H groups in total. The molecule has 6 aromatic rings. The molecule has 4 atom stereocenters. The molecule has 8 nitrogen and oxygen atoms in total. The summed E-state index contributed by atoms with van der Waals surface area (Å²) in [5.41, 5.74) is 6.28. The molecule has 4 aliphatic carbocycles. The fraction of sp³-hybridized carbons (Fsp3) is 0.429. The van der Waals surface area contributed by atoms with Crippen LogP contribution in [0.25, 0.3) is 11.3 Å². The highest BCUT2D eigenvalue weighted by atomic mass is 19.1. The summed E-state index contributed by atoms with van der Waals surface area (Å²) in [6.45, 7) is 5.46. The van der Waals surface area contributed by atoms with Gasteiger partial charge in [0.25, 0.3) is 0 Å². The number of halogens is 2. The zero-order valence-corrected chi connectivity index (χ0v) is 29.7. The molecule has 52 heavy (non-hydrogen) atoms. The lowest BCUT2D eigenvalue weighted by atomic mass is 10.1. The van der Waals surface area contributed by atoms with Gasteiger partial charge in [0.1, 0.15) is 34.8 Å². The molecule has 0 amide bonds. The molecule has 0 saturated heterocycles. The van der Waals surface area contributed by atoms with E-state index in [9.17, 15) is 8.78 Å². The molecule has 4 aliphatic rings. The maximum absolute atomic E-state index is 13.0. The van der Waals surface area contributed by atoms with E-state index in [1.54, 1.807) is 0 Å². The molecule has 4 aromatic heterocycles. The topological polar surface area (TPSA) is 78.8 Å². The van der Waals surface area contributed by atoms with Crippen LogP contribution in [-0.4, -0.2) is 42.4 Å². The van der Waals surface area contributed by atoms with Crippen LogP contribution in [-0.2, 0) is 12.8 Å². The number of aryl methyl sites for hydroxylation is 2. The fourth-order valence-electron chi connectivity index (χ4n) is 7.47. The Labute approximate surface area is 302 Å². The molecule has 268 valence electrons. The minimum atomic E-state index is -0.180. The van der Waals surface area contributed by atoms with Crippen LogP contribution in [0.5, 0.6) is 11.5 Å². The first-order chi connectivity index (χ1) is 25.4. The Bertz CT molecular complexity index is 2050. The van der Waals surface area contributed by atoms with E-state index in [2.05, 4.69) is 29.2 Å². The van der Waals surface area contributed by atoms with Gasteiger partial charge in [0.15, 0.2) is 11.3 Å². The van der Waals surface area contributed by atoms with Gasteiger partial charge in [0, 0.05) is 48.2 Å². The summed E-state index contributed by atoms with van der Waals surface area (Å²) >= 11 is 0. The van der Waals surface area contributed by atoms with Crippen LogP contribution in [0.2, 0.25) is 0 Å². The van der Waals surface area contributed by atoms with Crippen LogP contribution in [0, 0.1) is 49.2 Å². The Balaban J connectivity index is 0.000000138. The number of benzene rings is 2. The third-order valence-corrected chi connectivity index (χ3v) is 11.4. The normalized spacial score (nSPS) is 21.9. The molecule has 10 heteroatoms. The Morgan fingerprint density at radius 1 is 0.577 bits per heavy atom. The zero-order valence-electron chi connectivity index (χ0n) is 29.7. The van der Waals surface area contributed by atoms with Crippen LogP contribution in [0.3, 0.4) is 0 Å². The van der Waals surface area contributed by atoms with Crippen molar-refractivity contribution in [3.63, 3.8) is 0 Å². The number of aromatic nitrogens is 6. The summed E-state index contributed by atoms with van der Waals surface area (Å²) < 4.78 is 42.5. The van der Waals surface area contributed by atoms with E-state index in [0.29, 0.717) is 36.9 Å². The van der Waals surface area contributed by atoms with Gasteiger partial charge in [-0.25, -0.2) is 8.78 Å². The third kappa shape index (κ3) is 7.12. The van der Waals surface area contributed by atoms with Crippen LogP contribution >= 0.6 is 0 Å². The predicted octanol–water partition coefficient (Wildman–Crippen LogP) is 8.62. The van der Waals surface area contributed by atoms with Gasteiger partial charge >= 0.3 is 0 Å². The first kappa shape index (κ1) is 33.0. The number of rotatable bonds is 12. The van der Waals surface area contributed by atoms with E-state index in [1.165, 1.54) is 61.1 Å². The maximum atomic E-state index is 13.0. The average molecular weight is 703 g/mol. The number of pyridine rings is 2. The molecule has 0 spiro atoms. The van der Waals surface area contributed by atoms with Crippen molar-refractivity contribution in [2.24, 2.45) is 23.7 Å². The number of nitrogens with zero attached hydrogens (tertiary/aromatic N) is 6. The van der Waals surface area contributed by atoms with Crippen molar-refractivity contribution in [1.29, 1.82) is 0 Å². The van der Waals surface area contributed by atoms with Crippen molar-refractivity contribution < 1.29 is 18.3 Å². The smallest absolute Gasteiger partial charge is 0.167 e. The Morgan fingerprint density at radius 3 is 1.37 bits per heavy atom. The van der Waals surface area contributed by atoms with Gasteiger partial charge in [-0.2, -0.15) is 0 Å². The predicted molar refractivity (Wildman–Crippen MR) is 194 cm³/mol. The van der Waals surface area contributed by atoms with Gasteiger partial charge in [-0.1, -0.05) is 24.3 Å². The average Bonchev–Trinajstić information content (AvgIpc) is 3.95. The highest BCUT2D eigenvalue weighted by Gasteiger charge is 2.40. The molecular weight excluding hydrogens is 658 g/mol. The molecule has 10 rings (SSSR count). The number of ether oxygens (including phenoxy) is 2. The summed E-state index contributed by atoms with van der Waals surface area (Å²) in [6.07, 6.45) is 13.5. The summed E-state index contributed by atoms with van der Waals surface area (Å²) in [4.78, 5) is 0. The quantitative estimate of drug-likeness (QED) is 0.127. The lowest BCUT2D eigenvalue weighted by molar-refractivity contribution is 0.295. The van der Waals surface area contributed by atoms with Crippen molar-refractivity contribution in [2.75, 3.05) is 13.2 Å². The molecule has 2 aromatic carbocycles. The monoisotopic (exact) mass is 702 g/mol. The van der Waals surface area contributed by atoms with E-state index in [0.717, 1.165) is 83.1 Å². The molecule has 0 unspecified atom stereocenters. The molecule has 0 radical (unpaired) electrons. The summed E-state index contributed by atoms with van der Waals surface area (Å²) in [6, 6.07) is 17.7. The van der Waals surface area contributed by atoms with Gasteiger partial charge in [-0.15, -0.1) is 20.4 Å². The van der Waals surface area contributed by atoms with Gasteiger partial charge < -0.3 is 9.47 Å². The molecule has 4 fully saturated rings.